The summed E-state index contributed by atoms with van der Waals surface area (Å²) >= 11 is 4.97. The number of imidazole rings is 1. The molecule has 0 N–H and O–H groups in total. The van der Waals surface area contributed by atoms with Crippen LogP contribution in [0.2, 0.25) is 0 Å². The number of rotatable bonds is 4. The van der Waals surface area contributed by atoms with Gasteiger partial charge in [0, 0.05) is 19.4 Å². The fourth-order valence-electron chi connectivity index (χ4n) is 1.61. The lowest BCUT2D eigenvalue weighted by atomic mass is 10.2. The van der Waals surface area contributed by atoms with Crippen LogP contribution in [0.15, 0.2) is 27.6 Å². The Morgan fingerprint density at radius 2 is 2.42 bits per heavy atom. The molecule has 0 unspecified atom stereocenters. The van der Waals surface area contributed by atoms with E-state index in [-0.39, 0.29) is 5.97 Å². The van der Waals surface area contributed by atoms with E-state index in [0.717, 1.165) is 9.35 Å². The van der Waals surface area contributed by atoms with Gasteiger partial charge in [0.2, 0.25) is 0 Å². The molecule has 100 valence electrons. The van der Waals surface area contributed by atoms with Crippen LogP contribution >= 0.6 is 27.3 Å². The van der Waals surface area contributed by atoms with Crippen molar-refractivity contribution in [1.29, 1.82) is 0 Å². The molecule has 6 heteroatoms. The van der Waals surface area contributed by atoms with Crippen LogP contribution in [-0.4, -0.2) is 22.1 Å². The van der Waals surface area contributed by atoms with E-state index < -0.39 is 0 Å². The van der Waals surface area contributed by atoms with Crippen LogP contribution < -0.4 is 0 Å². The number of hydrogen-bond acceptors (Lipinski definition) is 4. The minimum absolute atomic E-state index is 0.341. The predicted octanol–water partition coefficient (Wildman–Crippen LogP) is 3.35. The molecule has 0 radical (unpaired) electrons. The highest BCUT2D eigenvalue weighted by Crippen LogP contribution is 2.25. The molecule has 2 rings (SSSR count). The molecule has 0 aromatic carbocycles. The molecule has 0 aliphatic heterocycles. The van der Waals surface area contributed by atoms with Crippen LogP contribution in [0.4, 0.5) is 0 Å². The van der Waals surface area contributed by atoms with Crippen LogP contribution in [0.5, 0.6) is 0 Å². The number of carbonyl (C=O) groups is 1. The first-order chi connectivity index (χ1) is 9.11. The number of aryl methyl sites for hydroxylation is 1. The average molecular weight is 341 g/mol. The Morgan fingerprint density at radius 1 is 1.63 bits per heavy atom. The lowest BCUT2D eigenvalue weighted by molar-refractivity contribution is -0.136. The van der Waals surface area contributed by atoms with Crippen molar-refractivity contribution in [2.75, 3.05) is 6.61 Å². The molecular formula is C13H13BrN2O2S. The van der Waals surface area contributed by atoms with Crippen LogP contribution in [0, 0.1) is 0 Å². The Morgan fingerprint density at radius 3 is 2.95 bits per heavy atom. The summed E-state index contributed by atoms with van der Waals surface area (Å²) in [4.78, 5) is 16.3. The van der Waals surface area contributed by atoms with Crippen LogP contribution in [0.25, 0.3) is 11.6 Å². The number of esters is 1. The molecule has 0 atom stereocenters. The molecular weight excluding hydrogens is 328 g/mol. The summed E-state index contributed by atoms with van der Waals surface area (Å²) in [6, 6.07) is 1.95. The van der Waals surface area contributed by atoms with E-state index in [2.05, 4.69) is 20.9 Å². The normalized spacial score (nSPS) is 11.6. The third-order valence-electron chi connectivity index (χ3n) is 2.46. The minimum atomic E-state index is -0.362. The monoisotopic (exact) mass is 340 g/mol. The summed E-state index contributed by atoms with van der Waals surface area (Å²) in [5.74, 6) is 0.236. The molecule has 4 nitrogen and oxygen atoms in total. The molecule has 2 aromatic rings. The van der Waals surface area contributed by atoms with Crippen molar-refractivity contribution in [2.24, 2.45) is 7.05 Å². The van der Waals surface area contributed by atoms with Crippen LogP contribution in [0.1, 0.15) is 18.3 Å². The summed E-state index contributed by atoms with van der Waals surface area (Å²) in [7, 11) is 1.85. The van der Waals surface area contributed by atoms with E-state index in [4.69, 9.17) is 4.74 Å². The van der Waals surface area contributed by atoms with E-state index in [0.29, 0.717) is 18.0 Å². The number of thiophene rings is 1. The fraction of sp³-hybridized carbons (Fsp3) is 0.231. The molecule has 0 fully saturated rings. The summed E-state index contributed by atoms with van der Waals surface area (Å²) in [5, 5.41) is 1.96. The number of ether oxygens (including phenoxy) is 1. The minimum Gasteiger partial charge on any atom is -0.462 e. The zero-order valence-electron chi connectivity index (χ0n) is 10.6. The Hall–Kier alpha value is -1.40. The third-order valence-corrected chi connectivity index (χ3v) is 3.98. The molecule has 0 amide bonds. The van der Waals surface area contributed by atoms with Gasteiger partial charge in [0.05, 0.1) is 10.4 Å². The van der Waals surface area contributed by atoms with Gasteiger partial charge < -0.3 is 9.30 Å². The Bertz CT molecular complexity index is 616. The molecule has 2 heterocycles. The molecule has 0 aliphatic rings. The van der Waals surface area contributed by atoms with Crippen molar-refractivity contribution >= 4 is 44.9 Å². The number of aromatic nitrogens is 2. The smallest absolute Gasteiger partial charge is 0.341 e. The van der Waals surface area contributed by atoms with Crippen molar-refractivity contribution < 1.29 is 9.53 Å². The highest BCUT2D eigenvalue weighted by atomic mass is 79.9. The molecule has 0 spiro atoms. The van der Waals surface area contributed by atoms with Crippen molar-refractivity contribution in [3.63, 3.8) is 0 Å². The molecule has 0 bridgehead atoms. The van der Waals surface area contributed by atoms with Gasteiger partial charge in [-0.2, -0.15) is 0 Å². The topological polar surface area (TPSA) is 44.1 Å². The quantitative estimate of drug-likeness (QED) is 0.633. The Labute approximate surface area is 123 Å². The lowest BCUT2D eigenvalue weighted by Crippen LogP contribution is -2.10. The lowest BCUT2D eigenvalue weighted by Gasteiger charge is -2.06. The van der Waals surface area contributed by atoms with Gasteiger partial charge in [0.25, 0.3) is 0 Å². The highest BCUT2D eigenvalue weighted by Gasteiger charge is 2.17. The van der Waals surface area contributed by atoms with E-state index in [1.54, 1.807) is 41.3 Å². The highest BCUT2D eigenvalue weighted by molar-refractivity contribution is 9.11. The van der Waals surface area contributed by atoms with Crippen molar-refractivity contribution in [1.82, 2.24) is 9.55 Å². The number of carbonyl (C=O) groups excluding carboxylic acids is 1. The number of halogens is 1. The second kappa shape index (κ2) is 6.16. The SMILES string of the molecule is CCOC(=O)/C(=C/c1csc(Br)c1)c1nccn1C. The maximum absolute atomic E-state index is 12.1. The molecule has 2 aromatic heterocycles. The van der Waals surface area contributed by atoms with E-state index in [1.165, 1.54) is 0 Å². The van der Waals surface area contributed by atoms with Gasteiger partial charge in [-0.05, 0) is 45.9 Å². The van der Waals surface area contributed by atoms with E-state index in [1.807, 2.05) is 18.5 Å². The van der Waals surface area contributed by atoms with Crippen molar-refractivity contribution in [3.8, 4) is 0 Å². The third kappa shape index (κ3) is 3.33. The van der Waals surface area contributed by atoms with Gasteiger partial charge in [-0.1, -0.05) is 0 Å². The van der Waals surface area contributed by atoms with Gasteiger partial charge in [0.15, 0.2) is 0 Å². The zero-order chi connectivity index (χ0) is 13.8. The largest absolute Gasteiger partial charge is 0.462 e. The first-order valence-electron chi connectivity index (χ1n) is 5.72. The van der Waals surface area contributed by atoms with Gasteiger partial charge in [-0.15, -0.1) is 11.3 Å². The number of nitrogens with zero attached hydrogens (tertiary/aromatic N) is 2. The van der Waals surface area contributed by atoms with Gasteiger partial charge in [-0.3, -0.25) is 0 Å². The Kier molecular flexibility index (Phi) is 4.55. The maximum Gasteiger partial charge on any atom is 0.341 e. The Balaban J connectivity index is 2.43. The summed E-state index contributed by atoms with van der Waals surface area (Å²) < 4.78 is 7.90. The van der Waals surface area contributed by atoms with Crippen LogP contribution in [0.3, 0.4) is 0 Å². The first-order valence-corrected chi connectivity index (χ1v) is 7.39. The maximum atomic E-state index is 12.1. The summed E-state index contributed by atoms with van der Waals surface area (Å²) in [5.41, 5.74) is 1.41. The summed E-state index contributed by atoms with van der Waals surface area (Å²) in [6.45, 7) is 2.13. The van der Waals surface area contributed by atoms with Gasteiger partial charge in [0.1, 0.15) is 11.4 Å². The standard InChI is InChI=1S/C13H13BrN2O2S/c1-3-18-13(17)10(12-15-4-5-16(12)2)6-9-7-11(14)19-8-9/h4-8H,3H2,1-2H3/b10-6+. The second-order valence-corrected chi connectivity index (χ2v) is 6.11. The van der Waals surface area contributed by atoms with Crippen molar-refractivity contribution in [2.45, 2.75) is 6.92 Å². The van der Waals surface area contributed by atoms with Crippen LogP contribution in [-0.2, 0) is 16.6 Å². The second-order valence-electron chi connectivity index (χ2n) is 3.82. The van der Waals surface area contributed by atoms with E-state index >= 15 is 0 Å². The predicted molar refractivity (Wildman–Crippen MR) is 79.7 cm³/mol. The van der Waals surface area contributed by atoms with Crippen molar-refractivity contribution in [3.05, 3.63) is 39.0 Å². The molecule has 19 heavy (non-hydrogen) atoms. The first kappa shape index (κ1) is 14.0. The van der Waals surface area contributed by atoms with E-state index in [9.17, 15) is 4.79 Å². The fourth-order valence-corrected chi connectivity index (χ4v) is 2.75. The molecule has 0 saturated carbocycles. The molecule has 0 saturated heterocycles. The average Bonchev–Trinajstić information content (AvgIpc) is 2.95. The molecule has 0 aliphatic carbocycles. The van der Waals surface area contributed by atoms with Gasteiger partial charge >= 0.3 is 5.97 Å². The number of hydrogen-bond donors (Lipinski definition) is 0. The van der Waals surface area contributed by atoms with Gasteiger partial charge in [-0.25, -0.2) is 9.78 Å². The summed E-state index contributed by atoms with van der Waals surface area (Å²) in [6.07, 6.45) is 5.25. The zero-order valence-corrected chi connectivity index (χ0v) is 13.0.